The van der Waals surface area contributed by atoms with Gasteiger partial charge in [0.25, 0.3) is 0 Å². The molecular weight excluding hydrogens is 370 g/mol. The van der Waals surface area contributed by atoms with E-state index in [9.17, 15) is 9.59 Å². The molecule has 1 aromatic heterocycles. The van der Waals surface area contributed by atoms with Crippen LogP contribution < -0.4 is 5.32 Å². The van der Waals surface area contributed by atoms with Crippen molar-refractivity contribution in [1.29, 1.82) is 0 Å². The Bertz CT molecular complexity index is 894. The Morgan fingerprint density at radius 1 is 1.31 bits per heavy atom. The van der Waals surface area contributed by atoms with Crippen molar-refractivity contribution >= 4 is 17.5 Å². The predicted molar refractivity (Wildman–Crippen MR) is 108 cm³/mol. The van der Waals surface area contributed by atoms with E-state index < -0.39 is 0 Å². The molecule has 2 amide bonds. The average Bonchev–Trinajstić information content (AvgIpc) is 3.30. The highest BCUT2D eigenvalue weighted by atomic mass is 16.5. The Kier molecular flexibility index (Phi) is 5.89. The molecule has 3 heterocycles. The number of carbonyl (C=O) groups is 2. The van der Waals surface area contributed by atoms with E-state index in [1.54, 1.807) is 4.90 Å². The van der Waals surface area contributed by atoms with Crippen LogP contribution in [0.25, 0.3) is 0 Å². The van der Waals surface area contributed by atoms with Crippen LogP contribution in [0, 0.1) is 6.92 Å². The first-order valence-electron chi connectivity index (χ1n) is 10.2. The summed E-state index contributed by atoms with van der Waals surface area (Å²) in [5.74, 6) is 2.36. The number of hydrogen-bond acceptors (Lipinski definition) is 5. The van der Waals surface area contributed by atoms with Crippen LogP contribution >= 0.6 is 0 Å². The molecule has 0 unspecified atom stereocenters. The molecule has 0 bridgehead atoms. The van der Waals surface area contributed by atoms with Crippen molar-refractivity contribution in [2.24, 2.45) is 0 Å². The van der Waals surface area contributed by atoms with Crippen molar-refractivity contribution in [2.75, 3.05) is 31.6 Å². The lowest BCUT2D eigenvalue weighted by Gasteiger charge is -2.24. The summed E-state index contributed by atoms with van der Waals surface area (Å²) >= 11 is 0. The van der Waals surface area contributed by atoms with Gasteiger partial charge in [-0.15, -0.1) is 10.2 Å². The van der Waals surface area contributed by atoms with E-state index in [1.807, 2.05) is 25.1 Å². The molecule has 154 valence electrons. The molecule has 2 aromatic rings. The molecule has 1 aromatic carbocycles. The van der Waals surface area contributed by atoms with Gasteiger partial charge in [-0.05, 0) is 37.5 Å². The number of ether oxygens (including phenoxy) is 1. The van der Waals surface area contributed by atoms with Crippen molar-refractivity contribution in [3.8, 4) is 0 Å². The highest BCUT2D eigenvalue weighted by molar-refractivity contribution is 5.91. The fraction of sp³-hybridized carbons (Fsp3) is 0.524. The minimum Gasteiger partial charge on any atom is -0.370 e. The number of benzene rings is 1. The Morgan fingerprint density at radius 3 is 3.03 bits per heavy atom. The zero-order chi connectivity index (χ0) is 20.2. The normalized spacial score (nSPS) is 18.7. The Labute approximate surface area is 170 Å². The van der Waals surface area contributed by atoms with Crippen LogP contribution in [0.2, 0.25) is 0 Å². The zero-order valence-electron chi connectivity index (χ0n) is 16.8. The molecule has 1 saturated heterocycles. The molecule has 1 N–H and O–H groups in total. The first kappa shape index (κ1) is 19.6. The third kappa shape index (κ3) is 4.64. The number of fused-ring (bicyclic) bond motifs is 1. The van der Waals surface area contributed by atoms with E-state index in [0.29, 0.717) is 25.5 Å². The molecule has 1 atom stereocenters. The van der Waals surface area contributed by atoms with Crippen LogP contribution in [0.3, 0.4) is 0 Å². The molecule has 0 aliphatic carbocycles. The summed E-state index contributed by atoms with van der Waals surface area (Å²) in [7, 11) is 0. The smallest absolute Gasteiger partial charge is 0.250 e. The summed E-state index contributed by atoms with van der Waals surface area (Å²) < 4.78 is 7.62. The second-order valence-corrected chi connectivity index (χ2v) is 7.72. The monoisotopic (exact) mass is 397 g/mol. The Morgan fingerprint density at radius 2 is 2.21 bits per heavy atom. The van der Waals surface area contributed by atoms with Gasteiger partial charge in [0, 0.05) is 44.1 Å². The molecule has 29 heavy (non-hydrogen) atoms. The second kappa shape index (κ2) is 8.73. The SMILES string of the molecule is Cc1nnc2n1C[C@H](c1cccc(NC(=O)COCCN3CCCC3=O)c1)CC2. The maximum atomic E-state index is 12.2. The van der Waals surface area contributed by atoms with Gasteiger partial charge in [-0.2, -0.15) is 0 Å². The van der Waals surface area contributed by atoms with Crippen molar-refractivity contribution in [3.05, 3.63) is 41.5 Å². The summed E-state index contributed by atoms with van der Waals surface area (Å²) in [6.45, 7) is 4.55. The van der Waals surface area contributed by atoms with Crippen molar-refractivity contribution in [2.45, 2.75) is 45.1 Å². The average molecular weight is 397 g/mol. The molecule has 0 radical (unpaired) electrons. The van der Waals surface area contributed by atoms with Gasteiger partial charge in [0.15, 0.2) is 0 Å². The number of carbonyl (C=O) groups excluding carboxylic acids is 2. The van der Waals surface area contributed by atoms with E-state index in [1.165, 1.54) is 5.56 Å². The lowest BCUT2D eigenvalue weighted by molar-refractivity contribution is -0.128. The second-order valence-electron chi connectivity index (χ2n) is 7.72. The number of nitrogens with zero attached hydrogens (tertiary/aromatic N) is 4. The fourth-order valence-electron chi connectivity index (χ4n) is 4.08. The summed E-state index contributed by atoms with van der Waals surface area (Å²) in [6.07, 6.45) is 3.47. The number of aryl methyl sites for hydroxylation is 2. The van der Waals surface area contributed by atoms with Gasteiger partial charge in [-0.25, -0.2) is 0 Å². The number of nitrogens with one attached hydrogen (secondary N) is 1. The molecule has 2 aliphatic heterocycles. The van der Waals surface area contributed by atoms with Gasteiger partial charge in [0.05, 0.1) is 6.61 Å². The van der Waals surface area contributed by atoms with Gasteiger partial charge in [-0.3, -0.25) is 9.59 Å². The highest BCUT2D eigenvalue weighted by Crippen LogP contribution is 2.30. The van der Waals surface area contributed by atoms with Crippen molar-refractivity contribution in [3.63, 3.8) is 0 Å². The molecule has 8 nitrogen and oxygen atoms in total. The maximum Gasteiger partial charge on any atom is 0.250 e. The van der Waals surface area contributed by atoms with Gasteiger partial charge >= 0.3 is 0 Å². The summed E-state index contributed by atoms with van der Waals surface area (Å²) in [5, 5.41) is 11.3. The minimum atomic E-state index is -0.185. The molecular formula is C21H27N5O3. The van der Waals surface area contributed by atoms with Crippen molar-refractivity contribution < 1.29 is 14.3 Å². The lowest BCUT2D eigenvalue weighted by atomic mass is 9.91. The molecule has 1 fully saturated rings. The number of anilines is 1. The first-order valence-corrected chi connectivity index (χ1v) is 10.2. The van der Waals surface area contributed by atoms with E-state index in [-0.39, 0.29) is 18.4 Å². The van der Waals surface area contributed by atoms with Crippen LogP contribution in [-0.4, -0.2) is 57.8 Å². The Balaban J connectivity index is 1.27. The maximum absolute atomic E-state index is 12.2. The molecule has 8 heteroatoms. The standard InChI is InChI=1S/C21H27N5O3/c1-15-23-24-19-8-7-17(13-26(15)19)16-4-2-5-18(12-16)22-20(27)14-29-11-10-25-9-3-6-21(25)28/h2,4-5,12,17H,3,6-11,13-14H2,1H3,(H,22,27)/t17-/m1/s1. The highest BCUT2D eigenvalue weighted by Gasteiger charge is 2.23. The third-order valence-electron chi connectivity index (χ3n) is 5.68. The van der Waals surface area contributed by atoms with E-state index in [2.05, 4.69) is 26.1 Å². The number of amides is 2. The van der Waals surface area contributed by atoms with Crippen LogP contribution in [0.15, 0.2) is 24.3 Å². The van der Waals surface area contributed by atoms with E-state index in [4.69, 9.17) is 4.74 Å². The van der Waals surface area contributed by atoms with Crippen LogP contribution in [-0.2, 0) is 27.3 Å². The van der Waals surface area contributed by atoms with Gasteiger partial charge in [0.2, 0.25) is 11.8 Å². The molecule has 0 spiro atoms. The third-order valence-corrected chi connectivity index (χ3v) is 5.68. The number of aromatic nitrogens is 3. The summed E-state index contributed by atoms with van der Waals surface area (Å²) in [5.41, 5.74) is 1.98. The number of hydrogen-bond donors (Lipinski definition) is 1. The number of rotatable bonds is 7. The van der Waals surface area contributed by atoms with Gasteiger partial charge < -0.3 is 19.5 Å². The first-order chi connectivity index (χ1) is 14.1. The van der Waals surface area contributed by atoms with Gasteiger partial charge in [-0.1, -0.05) is 12.1 Å². The molecule has 4 rings (SSSR count). The van der Waals surface area contributed by atoms with Crippen LogP contribution in [0.5, 0.6) is 0 Å². The molecule has 0 saturated carbocycles. The van der Waals surface area contributed by atoms with Crippen LogP contribution in [0.1, 0.15) is 42.4 Å². The van der Waals surface area contributed by atoms with Gasteiger partial charge in [0.1, 0.15) is 18.3 Å². The van der Waals surface area contributed by atoms with E-state index in [0.717, 1.165) is 49.7 Å². The van der Waals surface area contributed by atoms with Crippen LogP contribution in [0.4, 0.5) is 5.69 Å². The summed E-state index contributed by atoms with van der Waals surface area (Å²) in [4.78, 5) is 25.5. The van der Waals surface area contributed by atoms with Crippen molar-refractivity contribution in [1.82, 2.24) is 19.7 Å². The largest absolute Gasteiger partial charge is 0.370 e. The fourth-order valence-corrected chi connectivity index (χ4v) is 4.08. The minimum absolute atomic E-state index is 0.0149. The lowest BCUT2D eigenvalue weighted by Crippen LogP contribution is -2.29. The Hall–Kier alpha value is -2.74. The molecule has 2 aliphatic rings. The topological polar surface area (TPSA) is 89.3 Å². The van der Waals surface area contributed by atoms with E-state index >= 15 is 0 Å². The predicted octanol–water partition coefficient (Wildman–Crippen LogP) is 1.89. The zero-order valence-corrected chi connectivity index (χ0v) is 16.8. The number of likely N-dealkylation sites (tertiary alicyclic amines) is 1. The summed E-state index contributed by atoms with van der Waals surface area (Å²) in [6, 6.07) is 8.01. The quantitative estimate of drug-likeness (QED) is 0.721.